The molecule has 2 rings (SSSR count). The number of halogens is 1. The number of methoxy groups -OCH3 is 1. The van der Waals surface area contributed by atoms with Crippen molar-refractivity contribution in [2.75, 3.05) is 7.11 Å². The molecular formula is C16H18FNO2. The molecule has 0 aromatic heterocycles. The van der Waals surface area contributed by atoms with Crippen LogP contribution in [0, 0.1) is 5.82 Å². The Labute approximate surface area is 118 Å². The SMILES string of the molecule is COc1ccc(Oc2ccc(F)cc2CC(C)N)cc1. The van der Waals surface area contributed by atoms with E-state index < -0.39 is 0 Å². The summed E-state index contributed by atoms with van der Waals surface area (Å²) in [6, 6.07) is 11.6. The summed E-state index contributed by atoms with van der Waals surface area (Å²) in [5.74, 6) is 1.76. The van der Waals surface area contributed by atoms with Gasteiger partial charge in [0.25, 0.3) is 0 Å². The molecule has 0 amide bonds. The van der Waals surface area contributed by atoms with Crippen LogP contribution in [0.1, 0.15) is 12.5 Å². The van der Waals surface area contributed by atoms with Gasteiger partial charge in [0.15, 0.2) is 0 Å². The lowest BCUT2D eigenvalue weighted by Gasteiger charge is -2.13. The van der Waals surface area contributed by atoms with Gasteiger partial charge in [0.2, 0.25) is 0 Å². The van der Waals surface area contributed by atoms with Gasteiger partial charge in [0, 0.05) is 6.04 Å². The van der Waals surface area contributed by atoms with Crippen LogP contribution in [-0.2, 0) is 6.42 Å². The Balaban J connectivity index is 2.22. The highest BCUT2D eigenvalue weighted by Gasteiger charge is 2.09. The molecule has 0 radical (unpaired) electrons. The number of nitrogens with two attached hydrogens (primary N) is 1. The van der Waals surface area contributed by atoms with Crippen molar-refractivity contribution in [1.29, 1.82) is 0 Å². The maximum atomic E-state index is 13.3. The molecule has 0 aliphatic heterocycles. The second-order valence-electron chi connectivity index (χ2n) is 4.71. The summed E-state index contributed by atoms with van der Waals surface area (Å²) < 4.78 is 24.2. The number of hydrogen-bond acceptors (Lipinski definition) is 3. The minimum Gasteiger partial charge on any atom is -0.497 e. The fourth-order valence-corrected chi connectivity index (χ4v) is 1.92. The molecule has 20 heavy (non-hydrogen) atoms. The Hall–Kier alpha value is -2.07. The van der Waals surface area contributed by atoms with E-state index in [1.54, 1.807) is 25.3 Å². The van der Waals surface area contributed by atoms with Crippen molar-refractivity contribution in [3.63, 3.8) is 0 Å². The number of hydrogen-bond donors (Lipinski definition) is 1. The number of benzene rings is 2. The molecule has 4 heteroatoms. The Morgan fingerprint density at radius 2 is 1.75 bits per heavy atom. The maximum absolute atomic E-state index is 13.3. The molecule has 0 saturated carbocycles. The third-order valence-corrected chi connectivity index (χ3v) is 2.85. The lowest BCUT2D eigenvalue weighted by Crippen LogP contribution is -2.18. The molecule has 2 N–H and O–H groups in total. The van der Waals surface area contributed by atoms with Gasteiger partial charge in [-0.15, -0.1) is 0 Å². The van der Waals surface area contributed by atoms with E-state index in [1.807, 2.05) is 19.1 Å². The highest BCUT2D eigenvalue weighted by atomic mass is 19.1. The van der Waals surface area contributed by atoms with Crippen LogP contribution in [0.2, 0.25) is 0 Å². The Bertz CT molecular complexity index is 567. The molecule has 0 fully saturated rings. The van der Waals surface area contributed by atoms with E-state index in [0.29, 0.717) is 17.9 Å². The summed E-state index contributed by atoms with van der Waals surface area (Å²) in [5, 5.41) is 0. The number of rotatable bonds is 5. The molecule has 0 saturated heterocycles. The van der Waals surface area contributed by atoms with Crippen LogP contribution in [0.15, 0.2) is 42.5 Å². The molecule has 0 heterocycles. The summed E-state index contributed by atoms with van der Waals surface area (Å²) in [7, 11) is 1.61. The third-order valence-electron chi connectivity index (χ3n) is 2.85. The highest BCUT2D eigenvalue weighted by Crippen LogP contribution is 2.28. The summed E-state index contributed by atoms with van der Waals surface area (Å²) in [5.41, 5.74) is 6.54. The van der Waals surface area contributed by atoms with E-state index >= 15 is 0 Å². The molecule has 0 aliphatic rings. The number of ether oxygens (including phenoxy) is 2. The van der Waals surface area contributed by atoms with Crippen LogP contribution in [-0.4, -0.2) is 13.2 Å². The van der Waals surface area contributed by atoms with E-state index in [0.717, 1.165) is 11.3 Å². The molecule has 2 aromatic rings. The van der Waals surface area contributed by atoms with E-state index in [-0.39, 0.29) is 11.9 Å². The quantitative estimate of drug-likeness (QED) is 0.908. The van der Waals surface area contributed by atoms with Crippen molar-refractivity contribution < 1.29 is 13.9 Å². The van der Waals surface area contributed by atoms with Gasteiger partial charge in [-0.25, -0.2) is 4.39 Å². The highest BCUT2D eigenvalue weighted by molar-refractivity contribution is 5.40. The Morgan fingerprint density at radius 3 is 2.35 bits per heavy atom. The fourth-order valence-electron chi connectivity index (χ4n) is 1.92. The minimum absolute atomic E-state index is 0.0602. The largest absolute Gasteiger partial charge is 0.497 e. The van der Waals surface area contributed by atoms with Gasteiger partial charge < -0.3 is 15.2 Å². The van der Waals surface area contributed by atoms with Crippen molar-refractivity contribution in [3.8, 4) is 17.2 Å². The monoisotopic (exact) mass is 275 g/mol. The second-order valence-corrected chi connectivity index (χ2v) is 4.71. The first-order chi connectivity index (χ1) is 9.58. The zero-order chi connectivity index (χ0) is 14.5. The predicted octanol–water partition coefficient (Wildman–Crippen LogP) is 3.52. The van der Waals surface area contributed by atoms with Gasteiger partial charge in [-0.1, -0.05) is 0 Å². The third kappa shape index (κ3) is 3.71. The van der Waals surface area contributed by atoms with Crippen LogP contribution >= 0.6 is 0 Å². The fraction of sp³-hybridized carbons (Fsp3) is 0.250. The first-order valence-corrected chi connectivity index (χ1v) is 6.44. The van der Waals surface area contributed by atoms with Gasteiger partial charge in [-0.05, 0) is 61.4 Å². The summed E-state index contributed by atoms with van der Waals surface area (Å²) in [4.78, 5) is 0. The van der Waals surface area contributed by atoms with Crippen molar-refractivity contribution >= 4 is 0 Å². The molecule has 106 valence electrons. The Kier molecular flexibility index (Phi) is 4.58. The molecule has 0 spiro atoms. The van der Waals surface area contributed by atoms with Crippen LogP contribution in [0.4, 0.5) is 4.39 Å². The Morgan fingerprint density at radius 1 is 1.10 bits per heavy atom. The normalized spacial score (nSPS) is 12.0. The van der Waals surface area contributed by atoms with Gasteiger partial charge in [0.1, 0.15) is 23.1 Å². The molecule has 1 unspecified atom stereocenters. The average Bonchev–Trinajstić information content (AvgIpc) is 2.42. The van der Waals surface area contributed by atoms with Crippen LogP contribution in [0.25, 0.3) is 0 Å². The van der Waals surface area contributed by atoms with Gasteiger partial charge in [0.05, 0.1) is 7.11 Å². The summed E-state index contributed by atoms with van der Waals surface area (Å²) in [6.45, 7) is 1.88. The molecule has 3 nitrogen and oxygen atoms in total. The molecule has 0 bridgehead atoms. The lowest BCUT2D eigenvalue weighted by atomic mass is 10.1. The smallest absolute Gasteiger partial charge is 0.130 e. The lowest BCUT2D eigenvalue weighted by molar-refractivity contribution is 0.412. The second kappa shape index (κ2) is 6.39. The van der Waals surface area contributed by atoms with Gasteiger partial charge >= 0.3 is 0 Å². The van der Waals surface area contributed by atoms with Crippen LogP contribution in [0.5, 0.6) is 17.2 Å². The predicted molar refractivity (Wildman–Crippen MR) is 76.8 cm³/mol. The van der Waals surface area contributed by atoms with Crippen molar-refractivity contribution in [2.45, 2.75) is 19.4 Å². The van der Waals surface area contributed by atoms with Crippen molar-refractivity contribution in [3.05, 3.63) is 53.8 Å². The van der Waals surface area contributed by atoms with Crippen molar-refractivity contribution in [1.82, 2.24) is 0 Å². The molecule has 2 aromatic carbocycles. The van der Waals surface area contributed by atoms with Gasteiger partial charge in [-0.2, -0.15) is 0 Å². The molecule has 1 atom stereocenters. The van der Waals surface area contributed by atoms with E-state index in [4.69, 9.17) is 15.2 Å². The topological polar surface area (TPSA) is 44.5 Å². The standard InChI is InChI=1S/C16H18FNO2/c1-11(18)9-12-10-13(17)3-8-16(12)20-15-6-4-14(19-2)5-7-15/h3-8,10-11H,9,18H2,1-2H3. The van der Waals surface area contributed by atoms with Crippen LogP contribution < -0.4 is 15.2 Å². The van der Waals surface area contributed by atoms with E-state index in [1.165, 1.54) is 12.1 Å². The van der Waals surface area contributed by atoms with E-state index in [2.05, 4.69) is 0 Å². The van der Waals surface area contributed by atoms with Gasteiger partial charge in [-0.3, -0.25) is 0 Å². The molecular weight excluding hydrogens is 257 g/mol. The zero-order valence-electron chi connectivity index (χ0n) is 11.6. The maximum Gasteiger partial charge on any atom is 0.130 e. The zero-order valence-corrected chi connectivity index (χ0v) is 11.6. The summed E-state index contributed by atoms with van der Waals surface area (Å²) in [6.07, 6.45) is 0.559. The van der Waals surface area contributed by atoms with Crippen LogP contribution in [0.3, 0.4) is 0 Å². The molecule has 0 aliphatic carbocycles. The first-order valence-electron chi connectivity index (χ1n) is 6.44. The minimum atomic E-state index is -0.289. The van der Waals surface area contributed by atoms with E-state index in [9.17, 15) is 4.39 Å². The average molecular weight is 275 g/mol. The van der Waals surface area contributed by atoms with Crippen molar-refractivity contribution in [2.24, 2.45) is 5.73 Å². The summed E-state index contributed by atoms with van der Waals surface area (Å²) >= 11 is 0. The first kappa shape index (κ1) is 14.3.